The third-order valence-electron chi connectivity index (χ3n) is 5.50. The van der Waals surface area contributed by atoms with Crippen LogP contribution in [0.4, 0.5) is 5.00 Å². The van der Waals surface area contributed by atoms with Crippen molar-refractivity contribution in [3.8, 4) is 0 Å². The lowest BCUT2D eigenvalue weighted by Crippen LogP contribution is -2.29. The quantitative estimate of drug-likeness (QED) is 0.836. The summed E-state index contributed by atoms with van der Waals surface area (Å²) in [5.74, 6) is -0.0678. The summed E-state index contributed by atoms with van der Waals surface area (Å²) in [4.78, 5) is 25.5. The molecule has 0 fully saturated rings. The van der Waals surface area contributed by atoms with E-state index in [4.69, 9.17) is 10.2 Å². The summed E-state index contributed by atoms with van der Waals surface area (Å²) < 4.78 is 5.12. The van der Waals surface area contributed by atoms with Gasteiger partial charge in [0, 0.05) is 4.88 Å². The van der Waals surface area contributed by atoms with Crippen molar-refractivity contribution < 1.29 is 14.0 Å². The Hall–Kier alpha value is -2.08. The Labute approximate surface area is 151 Å². The summed E-state index contributed by atoms with van der Waals surface area (Å²) in [7, 11) is 0. The van der Waals surface area contributed by atoms with Crippen LogP contribution in [0.1, 0.15) is 65.0 Å². The first-order valence-electron chi connectivity index (χ1n) is 8.62. The first kappa shape index (κ1) is 17.7. The maximum Gasteiger partial charge on any atom is 0.291 e. The van der Waals surface area contributed by atoms with Gasteiger partial charge in [-0.05, 0) is 48.3 Å². The van der Waals surface area contributed by atoms with Gasteiger partial charge in [0.15, 0.2) is 5.76 Å². The van der Waals surface area contributed by atoms with Gasteiger partial charge in [-0.2, -0.15) is 0 Å². The number of furan rings is 1. The maximum atomic E-state index is 12.3. The van der Waals surface area contributed by atoms with Crippen LogP contribution in [-0.2, 0) is 12.8 Å². The SMILES string of the molecule is CCC(C)(C)[C@@H]1CCc2c(sc(NC(=O)c3ccco3)c2C(N)=O)C1. The molecule has 25 heavy (non-hydrogen) atoms. The molecule has 1 aliphatic carbocycles. The topological polar surface area (TPSA) is 85.3 Å². The summed E-state index contributed by atoms with van der Waals surface area (Å²) in [5.41, 5.74) is 7.35. The molecule has 0 aliphatic heterocycles. The molecule has 2 aromatic heterocycles. The molecular weight excluding hydrogens is 336 g/mol. The molecule has 0 spiro atoms. The fraction of sp³-hybridized carbons (Fsp3) is 0.474. The smallest absolute Gasteiger partial charge is 0.291 e. The lowest BCUT2D eigenvalue weighted by Gasteiger charge is -2.36. The number of nitrogens with two attached hydrogens (primary N) is 1. The Morgan fingerprint density at radius 1 is 1.44 bits per heavy atom. The average molecular weight is 360 g/mol. The molecule has 5 nitrogen and oxygen atoms in total. The zero-order valence-corrected chi connectivity index (χ0v) is 15.7. The normalized spacial score (nSPS) is 17.2. The number of nitrogens with one attached hydrogen (secondary N) is 1. The molecule has 2 heterocycles. The highest BCUT2D eigenvalue weighted by Crippen LogP contribution is 2.45. The van der Waals surface area contributed by atoms with Gasteiger partial charge in [0.2, 0.25) is 0 Å². The molecule has 0 saturated carbocycles. The molecule has 0 saturated heterocycles. The van der Waals surface area contributed by atoms with Crippen LogP contribution in [0.3, 0.4) is 0 Å². The molecule has 0 radical (unpaired) electrons. The van der Waals surface area contributed by atoms with Gasteiger partial charge in [0.1, 0.15) is 5.00 Å². The fourth-order valence-corrected chi connectivity index (χ4v) is 4.79. The van der Waals surface area contributed by atoms with Gasteiger partial charge in [-0.1, -0.05) is 27.2 Å². The molecular formula is C19H24N2O3S. The molecule has 3 rings (SSSR count). The standard InChI is InChI=1S/C19H24N2O3S/c1-4-19(2,3)11-7-8-12-14(10-11)25-18(15(12)16(20)22)21-17(23)13-6-5-9-24-13/h5-6,9,11H,4,7-8,10H2,1-3H3,(H2,20,22)(H,21,23)/t11-/m1/s1. The Balaban J connectivity index is 1.91. The van der Waals surface area contributed by atoms with Crippen LogP contribution in [0.5, 0.6) is 0 Å². The number of rotatable bonds is 5. The number of hydrogen-bond acceptors (Lipinski definition) is 4. The van der Waals surface area contributed by atoms with E-state index in [1.54, 1.807) is 12.1 Å². The van der Waals surface area contributed by atoms with E-state index in [-0.39, 0.29) is 17.1 Å². The Bertz CT molecular complexity index is 790. The van der Waals surface area contributed by atoms with Crippen LogP contribution in [0.25, 0.3) is 0 Å². The van der Waals surface area contributed by atoms with Gasteiger partial charge in [-0.15, -0.1) is 11.3 Å². The molecule has 0 unspecified atom stereocenters. The summed E-state index contributed by atoms with van der Waals surface area (Å²) in [6.07, 6.45) is 5.35. The van der Waals surface area contributed by atoms with Gasteiger partial charge in [0.05, 0.1) is 11.8 Å². The third-order valence-corrected chi connectivity index (χ3v) is 6.67. The Morgan fingerprint density at radius 2 is 2.20 bits per heavy atom. The predicted molar refractivity (Wildman–Crippen MR) is 99.1 cm³/mol. The van der Waals surface area contributed by atoms with Crippen LogP contribution in [-0.4, -0.2) is 11.8 Å². The van der Waals surface area contributed by atoms with E-state index < -0.39 is 5.91 Å². The van der Waals surface area contributed by atoms with Gasteiger partial charge in [0.25, 0.3) is 11.8 Å². The zero-order valence-electron chi connectivity index (χ0n) is 14.8. The molecule has 3 N–H and O–H groups in total. The number of hydrogen-bond donors (Lipinski definition) is 2. The van der Waals surface area contributed by atoms with E-state index in [0.717, 1.165) is 31.2 Å². The summed E-state index contributed by atoms with van der Waals surface area (Å²) in [6, 6.07) is 3.24. The highest BCUT2D eigenvalue weighted by Gasteiger charge is 2.35. The van der Waals surface area contributed by atoms with Gasteiger partial charge in [-0.3, -0.25) is 9.59 Å². The minimum atomic E-state index is -0.486. The Kier molecular flexibility index (Phi) is 4.73. The van der Waals surface area contributed by atoms with E-state index in [1.165, 1.54) is 22.5 Å². The van der Waals surface area contributed by atoms with Crippen molar-refractivity contribution in [3.63, 3.8) is 0 Å². The molecule has 0 bridgehead atoms. The van der Waals surface area contributed by atoms with E-state index >= 15 is 0 Å². The van der Waals surface area contributed by atoms with Crippen LogP contribution in [0.2, 0.25) is 0 Å². The van der Waals surface area contributed by atoms with E-state index in [1.807, 2.05) is 0 Å². The van der Waals surface area contributed by atoms with Gasteiger partial charge < -0.3 is 15.5 Å². The monoisotopic (exact) mass is 360 g/mol. The predicted octanol–water partition coefficient (Wildman–Crippen LogP) is 4.23. The maximum absolute atomic E-state index is 12.3. The Morgan fingerprint density at radius 3 is 2.80 bits per heavy atom. The highest BCUT2D eigenvalue weighted by molar-refractivity contribution is 7.17. The first-order valence-corrected chi connectivity index (χ1v) is 9.44. The fourth-order valence-electron chi connectivity index (χ4n) is 3.46. The number of carbonyl (C=O) groups is 2. The highest BCUT2D eigenvalue weighted by atomic mass is 32.1. The lowest BCUT2D eigenvalue weighted by atomic mass is 9.69. The largest absolute Gasteiger partial charge is 0.459 e. The zero-order chi connectivity index (χ0) is 18.2. The molecule has 0 aromatic carbocycles. The number of anilines is 1. The number of thiophene rings is 1. The van der Waals surface area contributed by atoms with Crippen molar-refractivity contribution in [1.82, 2.24) is 0 Å². The van der Waals surface area contributed by atoms with Crippen molar-refractivity contribution >= 4 is 28.2 Å². The lowest BCUT2D eigenvalue weighted by molar-refractivity contribution is 0.0997. The average Bonchev–Trinajstić information content (AvgIpc) is 3.21. The number of primary amides is 1. The molecule has 134 valence electrons. The summed E-state index contributed by atoms with van der Waals surface area (Å²) >= 11 is 1.47. The molecule has 1 atom stereocenters. The number of carbonyl (C=O) groups excluding carboxylic acids is 2. The van der Waals surface area contributed by atoms with Gasteiger partial charge in [-0.25, -0.2) is 0 Å². The van der Waals surface area contributed by atoms with E-state index in [2.05, 4.69) is 26.1 Å². The molecule has 2 amide bonds. The van der Waals surface area contributed by atoms with Crippen LogP contribution in [0.15, 0.2) is 22.8 Å². The van der Waals surface area contributed by atoms with Crippen LogP contribution < -0.4 is 11.1 Å². The van der Waals surface area contributed by atoms with E-state index in [9.17, 15) is 9.59 Å². The second-order valence-corrected chi connectivity index (χ2v) is 8.39. The molecule has 6 heteroatoms. The van der Waals surface area contributed by atoms with Crippen molar-refractivity contribution in [2.75, 3.05) is 5.32 Å². The van der Waals surface area contributed by atoms with Crippen molar-refractivity contribution in [3.05, 3.63) is 40.2 Å². The summed E-state index contributed by atoms with van der Waals surface area (Å²) in [5, 5.41) is 3.34. The van der Waals surface area contributed by atoms with Crippen molar-refractivity contribution in [1.29, 1.82) is 0 Å². The second kappa shape index (κ2) is 6.67. The second-order valence-electron chi connectivity index (χ2n) is 7.29. The molecule has 1 aliphatic rings. The van der Waals surface area contributed by atoms with Crippen LogP contribution >= 0.6 is 11.3 Å². The number of amides is 2. The first-order chi connectivity index (χ1) is 11.8. The van der Waals surface area contributed by atoms with Gasteiger partial charge >= 0.3 is 0 Å². The van der Waals surface area contributed by atoms with Crippen molar-refractivity contribution in [2.24, 2.45) is 17.1 Å². The van der Waals surface area contributed by atoms with E-state index in [0.29, 0.717) is 16.5 Å². The third kappa shape index (κ3) is 3.35. The summed E-state index contributed by atoms with van der Waals surface area (Å²) in [6.45, 7) is 6.81. The minimum absolute atomic E-state index is 0.215. The van der Waals surface area contributed by atoms with Crippen molar-refractivity contribution in [2.45, 2.75) is 46.5 Å². The van der Waals surface area contributed by atoms with Crippen LogP contribution in [0, 0.1) is 11.3 Å². The number of fused-ring (bicyclic) bond motifs is 1. The minimum Gasteiger partial charge on any atom is -0.459 e. The molecule has 2 aromatic rings.